The first-order chi connectivity index (χ1) is 9.94. The van der Waals surface area contributed by atoms with Gasteiger partial charge in [-0.2, -0.15) is 0 Å². The quantitative estimate of drug-likeness (QED) is 0.868. The van der Waals surface area contributed by atoms with Gasteiger partial charge < -0.3 is 14.8 Å². The van der Waals surface area contributed by atoms with Crippen LogP contribution in [0.25, 0.3) is 0 Å². The first-order valence-corrected chi connectivity index (χ1v) is 7.72. The van der Waals surface area contributed by atoms with E-state index in [9.17, 15) is 4.39 Å². The van der Waals surface area contributed by atoms with Crippen molar-refractivity contribution in [1.29, 1.82) is 0 Å². The summed E-state index contributed by atoms with van der Waals surface area (Å²) in [6.45, 7) is 8.26. The minimum atomic E-state index is -0.296. The lowest BCUT2D eigenvalue weighted by atomic mass is 10.1. The van der Waals surface area contributed by atoms with Crippen molar-refractivity contribution in [3.63, 3.8) is 0 Å². The van der Waals surface area contributed by atoms with Crippen molar-refractivity contribution >= 4 is 0 Å². The fourth-order valence-electron chi connectivity index (χ4n) is 2.31. The molecule has 118 valence electrons. The van der Waals surface area contributed by atoms with Crippen LogP contribution in [-0.4, -0.2) is 24.9 Å². The summed E-state index contributed by atoms with van der Waals surface area (Å²) in [7, 11) is 0. The van der Waals surface area contributed by atoms with E-state index in [0.29, 0.717) is 18.9 Å². The van der Waals surface area contributed by atoms with E-state index < -0.39 is 0 Å². The number of ether oxygens (including phenoxy) is 2. The zero-order valence-corrected chi connectivity index (χ0v) is 13.2. The zero-order chi connectivity index (χ0) is 15.3. The molecule has 1 aromatic rings. The molecule has 21 heavy (non-hydrogen) atoms. The van der Waals surface area contributed by atoms with Gasteiger partial charge in [-0.25, -0.2) is 4.39 Å². The maximum Gasteiger partial charge on any atom is 0.165 e. The van der Waals surface area contributed by atoms with E-state index in [1.165, 1.54) is 0 Å². The minimum absolute atomic E-state index is 0.0208. The van der Waals surface area contributed by atoms with Crippen molar-refractivity contribution in [2.24, 2.45) is 0 Å². The summed E-state index contributed by atoms with van der Waals surface area (Å²) >= 11 is 0. The predicted octanol–water partition coefficient (Wildman–Crippen LogP) is 3.66. The third kappa shape index (κ3) is 5.64. The van der Waals surface area contributed by atoms with Crippen molar-refractivity contribution in [1.82, 2.24) is 5.32 Å². The van der Waals surface area contributed by atoms with Gasteiger partial charge in [0, 0.05) is 25.1 Å². The summed E-state index contributed by atoms with van der Waals surface area (Å²) < 4.78 is 25.0. The molecule has 4 heteroatoms. The summed E-state index contributed by atoms with van der Waals surface area (Å²) in [5.41, 5.74) is 0.946. The smallest absolute Gasteiger partial charge is 0.165 e. The molecule has 0 amide bonds. The van der Waals surface area contributed by atoms with Gasteiger partial charge >= 0.3 is 0 Å². The van der Waals surface area contributed by atoms with Crippen LogP contribution in [0.4, 0.5) is 4.39 Å². The number of hydrogen-bond donors (Lipinski definition) is 1. The summed E-state index contributed by atoms with van der Waals surface area (Å²) in [5, 5.41) is 3.34. The molecule has 0 spiro atoms. The average Bonchev–Trinajstić information content (AvgIpc) is 2.91. The van der Waals surface area contributed by atoms with Crippen molar-refractivity contribution in [3.05, 3.63) is 29.6 Å². The SMILES string of the molecule is CC(C)(C)NCc1ccc(OCCC2CCCO2)c(F)c1. The standard InChI is InChI=1S/C17H26FNO2/c1-17(2,3)19-12-13-6-7-16(15(18)11-13)21-10-8-14-5-4-9-20-14/h6-7,11,14,19H,4-5,8-10,12H2,1-3H3. The molecule has 1 heterocycles. The first-order valence-electron chi connectivity index (χ1n) is 7.72. The highest BCUT2D eigenvalue weighted by Crippen LogP contribution is 2.20. The number of benzene rings is 1. The molecule has 1 atom stereocenters. The van der Waals surface area contributed by atoms with Crippen molar-refractivity contribution < 1.29 is 13.9 Å². The Kier molecular flexibility index (Phi) is 5.59. The topological polar surface area (TPSA) is 30.5 Å². The fourth-order valence-corrected chi connectivity index (χ4v) is 2.31. The maximum absolute atomic E-state index is 14.0. The number of hydrogen-bond acceptors (Lipinski definition) is 3. The Labute approximate surface area is 126 Å². The molecule has 0 saturated carbocycles. The van der Waals surface area contributed by atoms with E-state index in [-0.39, 0.29) is 17.5 Å². The second kappa shape index (κ2) is 7.23. The zero-order valence-electron chi connectivity index (χ0n) is 13.2. The number of rotatable bonds is 6. The van der Waals surface area contributed by atoms with E-state index in [0.717, 1.165) is 31.4 Å². The normalized spacial score (nSPS) is 19.0. The molecule has 1 saturated heterocycles. The van der Waals surface area contributed by atoms with Crippen molar-refractivity contribution in [3.8, 4) is 5.75 Å². The molecule has 1 aliphatic rings. The molecule has 0 aromatic heterocycles. The van der Waals surface area contributed by atoms with E-state index in [1.54, 1.807) is 12.1 Å². The summed E-state index contributed by atoms with van der Waals surface area (Å²) in [4.78, 5) is 0. The average molecular weight is 295 g/mol. The predicted molar refractivity (Wildman–Crippen MR) is 82.1 cm³/mol. The van der Waals surface area contributed by atoms with Gasteiger partial charge in [-0.05, 0) is 51.3 Å². The van der Waals surface area contributed by atoms with Gasteiger partial charge in [-0.15, -0.1) is 0 Å². The van der Waals surface area contributed by atoms with Crippen LogP contribution >= 0.6 is 0 Å². The van der Waals surface area contributed by atoms with Gasteiger partial charge in [-0.3, -0.25) is 0 Å². The van der Waals surface area contributed by atoms with E-state index in [1.807, 2.05) is 6.07 Å². The summed E-state index contributed by atoms with van der Waals surface area (Å²) in [6.07, 6.45) is 3.31. The lowest BCUT2D eigenvalue weighted by molar-refractivity contribution is 0.0897. The minimum Gasteiger partial charge on any atom is -0.490 e. The Balaban J connectivity index is 1.80. The highest BCUT2D eigenvalue weighted by Gasteiger charge is 2.15. The highest BCUT2D eigenvalue weighted by molar-refractivity contribution is 5.29. The number of halogens is 1. The number of nitrogens with one attached hydrogen (secondary N) is 1. The maximum atomic E-state index is 14.0. The fraction of sp³-hybridized carbons (Fsp3) is 0.647. The second-order valence-corrected chi connectivity index (χ2v) is 6.64. The Morgan fingerprint density at radius 1 is 1.38 bits per heavy atom. The Morgan fingerprint density at radius 3 is 2.81 bits per heavy atom. The lowest BCUT2D eigenvalue weighted by Crippen LogP contribution is -2.35. The van der Waals surface area contributed by atoms with Crippen LogP contribution in [0.3, 0.4) is 0 Å². The van der Waals surface area contributed by atoms with E-state index in [4.69, 9.17) is 9.47 Å². The molecular weight excluding hydrogens is 269 g/mol. The molecule has 2 rings (SSSR count). The third-order valence-electron chi connectivity index (χ3n) is 3.54. The van der Waals surface area contributed by atoms with E-state index in [2.05, 4.69) is 26.1 Å². The molecule has 0 bridgehead atoms. The van der Waals surface area contributed by atoms with Crippen LogP contribution in [-0.2, 0) is 11.3 Å². The van der Waals surface area contributed by atoms with Crippen LogP contribution < -0.4 is 10.1 Å². The Morgan fingerprint density at radius 2 is 2.19 bits per heavy atom. The summed E-state index contributed by atoms with van der Waals surface area (Å²) in [5.74, 6) is 0.0306. The van der Waals surface area contributed by atoms with Gasteiger partial charge in [0.05, 0.1) is 12.7 Å². The van der Waals surface area contributed by atoms with Gasteiger partial charge in [0.15, 0.2) is 11.6 Å². The Hall–Kier alpha value is -1.13. The molecule has 1 N–H and O–H groups in total. The van der Waals surface area contributed by atoms with Crippen LogP contribution in [0.15, 0.2) is 18.2 Å². The van der Waals surface area contributed by atoms with Crippen LogP contribution in [0.5, 0.6) is 5.75 Å². The molecule has 1 aliphatic heterocycles. The van der Waals surface area contributed by atoms with Crippen LogP contribution in [0.2, 0.25) is 0 Å². The largest absolute Gasteiger partial charge is 0.490 e. The van der Waals surface area contributed by atoms with E-state index >= 15 is 0 Å². The monoisotopic (exact) mass is 295 g/mol. The Bertz CT molecular complexity index is 451. The van der Waals surface area contributed by atoms with Gasteiger partial charge in [-0.1, -0.05) is 6.07 Å². The van der Waals surface area contributed by atoms with Crippen molar-refractivity contribution in [2.75, 3.05) is 13.2 Å². The van der Waals surface area contributed by atoms with Gasteiger partial charge in [0.1, 0.15) is 0 Å². The highest BCUT2D eigenvalue weighted by atomic mass is 19.1. The first kappa shape index (κ1) is 16.2. The lowest BCUT2D eigenvalue weighted by Gasteiger charge is -2.20. The molecule has 1 fully saturated rings. The molecule has 1 aromatic carbocycles. The van der Waals surface area contributed by atoms with Crippen LogP contribution in [0.1, 0.15) is 45.6 Å². The molecular formula is C17H26FNO2. The summed E-state index contributed by atoms with van der Waals surface area (Å²) in [6, 6.07) is 5.16. The van der Waals surface area contributed by atoms with Crippen molar-refractivity contribution in [2.45, 2.75) is 58.2 Å². The van der Waals surface area contributed by atoms with Gasteiger partial charge in [0.2, 0.25) is 0 Å². The molecule has 0 aliphatic carbocycles. The molecule has 1 unspecified atom stereocenters. The molecule has 3 nitrogen and oxygen atoms in total. The molecule has 0 radical (unpaired) electrons. The third-order valence-corrected chi connectivity index (χ3v) is 3.54. The van der Waals surface area contributed by atoms with Gasteiger partial charge in [0.25, 0.3) is 0 Å². The second-order valence-electron chi connectivity index (χ2n) is 6.64. The van der Waals surface area contributed by atoms with Crippen LogP contribution in [0, 0.1) is 5.82 Å².